The van der Waals surface area contributed by atoms with Crippen molar-refractivity contribution in [3.05, 3.63) is 71.3 Å². The summed E-state index contributed by atoms with van der Waals surface area (Å²) in [7, 11) is 1.69. The van der Waals surface area contributed by atoms with Crippen molar-refractivity contribution < 1.29 is 4.79 Å². The van der Waals surface area contributed by atoms with Crippen LogP contribution >= 0.6 is 24.0 Å². The quantitative estimate of drug-likeness (QED) is 0.359. The summed E-state index contributed by atoms with van der Waals surface area (Å²) >= 11 is 0. The Hall–Kier alpha value is -2.09. The van der Waals surface area contributed by atoms with Crippen molar-refractivity contribution in [1.29, 1.82) is 0 Å². The Balaban J connectivity index is 0.00000312. The monoisotopic (exact) mass is 452 g/mol. The Morgan fingerprint density at radius 2 is 1.60 bits per heavy atom. The first-order valence-corrected chi connectivity index (χ1v) is 7.98. The van der Waals surface area contributed by atoms with Gasteiger partial charge in [0, 0.05) is 20.1 Å². The van der Waals surface area contributed by atoms with Gasteiger partial charge in [0.25, 0.3) is 0 Å². The first-order valence-electron chi connectivity index (χ1n) is 7.98. The molecule has 6 heteroatoms. The molecule has 0 unspecified atom stereocenters. The number of amides is 1. The van der Waals surface area contributed by atoms with Crippen molar-refractivity contribution in [2.24, 2.45) is 4.99 Å². The molecule has 0 spiro atoms. The number of nitrogens with zero attached hydrogens (tertiary/aromatic N) is 1. The van der Waals surface area contributed by atoms with E-state index in [0.717, 1.165) is 5.56 Å². The van der Waals surface area contributed by atoms with Crippen molar-refractivity contribution in [2.75, 3.05) is 13.6 Å². The van der Waals surface area contributed by atoms with Crippen LogP contribution in [0.25, 0.3) is 0 Å². The molecule has 0 atom stereocenters. The molecule has 2 aromatic rings. The number of rotatable bonds is 6. The molecule has 2 aromatic carbocycles. The van der Waals surface area contributed by atoms with Gasteiger partial charge in [0.1, 0.15) is 0 Å². The molecular weight excluding hydrogens is 427 g/mol. The molecule has 0 radical (unpaired) electrons. The van der Waals surface area contributed by atoms with E-state index in [-0.39, 0.29) is 36.4 Å². The van der Waals surface area contributed by atoms with Gasteiger partial charge in [-0.1, -0.05) is 54.6 Å². The van der Waals surface area contributed by atoms with Gasteiger partial charge in [0.15, 0.2) is 5.96 Å². The van der Waals surface area contributed by atoms with E-state index in [9.17, 15) is 4.79 Å². The lowest BCUT2D eigenvalue weighted by Crippen LogP contribution is -2.42. The smallest absolute Gasteiger partial charge is 0.239 e. The highest BCUT2D eigenvalue weighted by Crippen LogP contribution is 2.05. The molecule has 0 saturated heterocycles. The molecule has 0 bridgehead atoms. The molecule has 0 aromatic heterocycles. The largest absolute Gasteiger partial charge is 0.352 e. The fourth-order valence-electron chi connectivity index (χ4n) is 2.23. The highest BCUT2D eigenvalue weighted by atomic mass is 127. The number of hydrogen-bond donors (Lipinski definition) is 3. The lowest BCUT2D eigenvalue weighted by Gasteiger charge is -2.13. The first kappa shape index (κ1) is 21.0. The molecule has 0 saturated carbocycles. The molecular formula is C19H25IN4O. The molecule has 1 amide bonds. The lowest BCUT2D eigenvalue weighted by molar-refractivity contribution is -0.120. The molecule has 0 aliphatic rings. The molecule has 0 fully saturated rings. The van der Waals surface area contributed by atoms with Crippen LogP contribution in [0, 0.1) is 6.92 Å². The van der Waals surface area contributed by atoms with Gasteiger partial charge in [-0.3, -0.25) is 9.79 Å². The molecule has 0 aliphatic heterocycles. The number of guanidine groups is 1. The van der Waals surface area contributed by atoms with Crippen LogP contribution in [0.4, 0.5) is 0 Å². The van der Waals surface area contributed by atoms with E-state index >= 15 is 0 Å². The number of aliphatic imine (C=N–C) groups is 1. The zero-order valence-electron chi connectivity index (χ0n) is 14.6. The van der Waals surface area contributed by atoms with E-state index in [4.69, 9.17) is 0 Å². The molecule has 3 N–H and O–H groups in total. The van der Waals surface area contributed by atoms with Crippen molar-refractivity contribution in [2.45, 2.75) is 20.0 Å². The number of nitrogens with one attached hydrogen (secondary N) is 3. The van der Waals surface area contributed by atoms with Crippen molar-refractivity contribution in [3.63, 3.8) is 0 Å². The predicted octanol–water partition coefficient (Wildman–Crippen LogP) is 2.59. The van der Waals surface area contributed by atoms with Gasteiger partial charge in [0.2, 0.25) is 5.91 Å². The van der Waals surface area contributed by atoms with Gasteiger partial charge in [-0.15, -0.1) is 24.0 Å². The third-order valence-electron chi connectivity index (χ3n) is 3.68. The van der Waals surface area contributed by atoms with Crippen LogP contribution in [-0.4, -0.2) is 25.5 Å². The third-order valence-corrected chi connectivity index (χ3v) is 3.68. The second-order valence-electron chi connectivity index (χ2n) is 5.47. The molecule has 2 rings (SSSR count). The number of carbonyl (C=O) groups is 1. The fourth-order valence-corrected chi connectivity index (χ4v) is 2.23. The highest BCUT2D eigenvalue weighted by Gasteiger charge is 2.04. The van der Waals surface area contributed by atoms with Crippen LogP contribution in [0.1, 0.15) is 16.7 Å². The number of aryl methyl sites for hydroxylation is 1. The Labute approximate surface area is 166 Å². The number of carbonyl (C=O) groups excluding carboxylic acids is 1. The molecule has 134 valence electrons. The minimum atomic E-state index is -0.0716. The second-order valence-corrected chi connectivity index (χ2v) is 5.47. The molecule has 25 heavy (non-hydrogen) atoms. The Morgan fingerprint density at radius 3 is 2.28 bits per heavy atom. The topological polar surface area (TPSA) is 65.5 Å². The summed E-state index contributed by atoms with van der Waals surface area (Å²) in [5.74, 6) is 0.533. The van der Waals surface area contributed by atoms with Crippen molar-refractivity contribution in [1.82, 2.24) is 16.0 Å². The van der Waals surface area contributed by atoms with E-state index in [1.807, 2.05) is 42.5 Å². The summed E-state index contributed by atoms with van der Waals surface area (Å²) in [5.41, 5.74) is 3.50. The minimum Gasteiger partial charge on any atom is -0.352 e. The SMILES string of the molecule is CN=C(NCC(=O)NCc1ccccc1)NCc1ccccc1C.I. The summed E-state index contributed by atoms with van der Waals surface area (Å²) in [6.07, 6.45) is 0. The average molecular weight is 452 g/mol. The number of hydrogen-bond acceptors (Lipinski definition) is 2. The van der Waals surface area contributed by atoms with Gasteiger partial charge < -0.3 is 16.0 Å². The molecule has 0 heterocycles. The van der Waals surface area contributed by atoms with E-state index < -0.39 is 0 Å². The summed E-state index contributed by atoms with van der Waals surface area (Å²) in [5, 5.41) is 9.11. The van der Waals surface area contributed by atoms with E-state index in [1.54, 1.807) is 7.05 Å². The lowest BCUT2D eigenvalue weighted by atomic mass is 10.1. The van der Waals surface area contributed by atoms with Crippen LogP contribution in [0.15, 0.2) is 59.6 Å². The van der Waals surface area contributed by atoms with Crippen LogP contribution in [0.3, 0.4) is 0 Å². The zero-order chi connectivity index (χ0) is 17.2. The minimum absolute atomic E-state index is 0. The predicted molar refractivity (Wildman–Crippen MR) is 113 cm³/mol. The fraction of sp³-hybridized carbons (Fsp3) is 0.263. The second kappa shape index (κ2) is 11.5. The van der Waals surface area contributed by atoms with Crippen molar-refractivity contribution >= 4 is 35.8 Å². The standard InChI is InChI=1S/C19H24N4O.HI/c1-15-8-6-7-11-17(15)13-22-19(20-2)23-14-18(24)21-12-16-9-4-3-5-10-16;/h3-11H,12-14H2,1-2H3,(H,21,24)(H2,20,22,23);1H. The van der Waals surface area contributed by atoms with Crippen LogP contribution in [-0.2, 0) is 17.9 Å². The van der Waals surface area contributed by atoms with Crippen molar-refractivity contribution in [3.8, 4) is 0 Å². The summed E-state index contributed by atoms with van der Waals surface area (Å²) in [4.78, 5) is 16.0. The van der Waals surface area contributed by atoms with Crippen LogP contribution in [0.5, 0.6) is 0 Å². The third kappa shape index (κ3) is 7.55. The number of halogens is 1. The molecule has 0 aliphatic carbocycles. The zero-order valence-corrected chi connectivity index (χ0v) is 16.9. The average Bonchev–Trinajstić information content (AvgIpc) is 2.62. The summed E-state index contributed by atoms with van der Waals surface area (Å²) in [6.45, 7) is 3.44. The Kier molecular flexibility index (Phi) is 9.61. The van der Waals surface area contributed by atoms with E-state index in [2.05, 4.69) is 40.0 Å². The maximum atomic E-state index is 11.9. The van der Waals surface area contributed by atoms with E-state index in [1.165, 1.54) is 11.1 Å². The maximum Gasteiger partial charge on any atom is 0.239 e. The highest BCUT2D eigenvalue weighted by molar-refractivity contribution is 14.0. The number of benzene rings is 2. The molecule has 5 nitrogen and oxygen atoms in total. The van der Waals surface area contributed by atoms with Gasteiger partial charge in [0.05, 0.1) is 6.54 Å². The normalized spacial score (nSPS) is 10.6. The van der Waals surface area contributed by atoms with E-state index in [0.29, 0.717) is 19.0 Å². The Morgan fingerprint density at radius 1 is 0.920 bits per heavy atom. The van der Waals surface area contributed by atoms with Gasteiger partial charge in [-0.2, -0.15) is 0 Å². The van der Waals surface area contributed by atoms with Gasteiger partial charge in [-0.05, 0) is 23.6 Å². The van der Waals surface area contributed by atoms with Gasteiger partial charge in [-0.25, -0.2) is 0 Å². The first-order chi connectivity index (χ1) is 11.7. The Bertz CT molecular complexity index is 689. The van der Waals surface area contributed by atoms with Crippen LogP contribution < -0.4 is 16.0 Å². The summed E-state index contributed by atoms with van der Waals surface area (Å²) < 4.78 is 0. The maximum absolute atomic E-state index is 11.9. The van der Waals surface area contributed by atoms with Crippen LogP contribution in [0.2, 0.25) is 0 Å². The van der Waals surface area contributed by atoms with Gasteiger partial charge >= 0.3 is 0 Å². The summed E-state index contributed by atoms with van der Waals surface area (Å²) in [6, 6.07) is 18.0.